The van der Waals surface area contributed by atoms with E-state index in [1.54, 1.807) is 85.0 Å². The van der Waals surface area contributed by atoms with Crippen molar-refractivity contribution in [2.24, 2.45) is 57.0 Å². The van der Waals surface area contributed by atoms with Gasteiger partial charge in [0.05, 0.1) is 44.5 Å². The largest absolute Gasteiger partial charge is 0.479 e. The lowest BCUT2D eigenvalue weighted by molar-refractivity contribution is -0.150. The SMILES string of the molecule is CCC(NC(=O)CNC(=O)CN=C1C(CCCNC(=O)OC(C)(C)C)C1C(=O)CN=C1CCC(C)CC(=O)NC(CC(=O)c2ccccc2N)C(=O)OCC1NC(=O)C(NC(=O)C(CC(N)=O)NC(=O)C(Cc1c[nH]c2ccccc12)NC(=O)C=C(C)C(C)C)C(=O)O)C(=O)NCC(=O)C(CC)C(CO)C(N)=O. The third kappa shape index (κ3) is 27.6. The lowest BCUT2D eigenvalue weighted by atomic mass is 9.86. The number of H-pyrrole nitrogens is 1. The highest BCUT2D eigenvalue weighted by Gasteiger charge is 2.50. The van der Waals surface area contributed by atoms with E-state index < -0.39 is 218 Å². The molecule has 1 aliphatic carbocycles. The zero-order valence-corrected chi connectivity index (χ0v) is 62.1. The Balaban J connectivity index is 1.45. The van der Waals surface area contributed by atoms with E-state index in [9.17, 15) is 86.9 Å². The molecule has 108 heavy (non-hydrogen) atoms. The highest BCUT2D eigenvalue weighted by molar-refractivity contribution is 6.21. The molecular formula is C73H101N15O20. The number of para-hydroxylation sites is 2. The van der Waals surface area contributed by atoms with E-state index in [1.165, 1.54) is 24.3 Å². The van der Waals surface area contributed by atoms with E-state index in [4.69, 9.17) is 26.7 Å². The van der Waals surface area contributed by atoms with Crippen LogP contribution in [0, 0.1) is 35.5 Å². The minimum absolute atomic E-state index is 0.0146. The number of carbonyl (C=O) groups excluding carboxylic acids is 15. The van der Waals surface area contributed by atoms with Crippen LogP contribution in [0.5, 0.6) is 0 Å². The highest BCUT2D eigenvalue weighted by Crippen LogP contribution is 2.40. The number of aliphatic hydroxyl groups excluding tert-OH is 1. The van der Waals surface area contributed by atoms with Gasteiger partial charge in [-0.2, -0.15) is 0 Å². The number of carboxylic acids is 1. The maximum atomic E-state index is 14.6. The topological polar surface area (TPSA) is 559 Å². The molecule has 2 fully saturated rings. The molecule has 0 bridgehead atoms. The number of rotatable bonds is 38. The summed E-state index contributed by atoms with van der Waals surface area (Å²) in [6.45, 7) is 11.1. The maximum Gasteiger partial charge on any atom is 0.407 e. The Kier molecular flexibility index (Phi) is 33.6. The second-order valence-electron chi connectivity index (χ2n) is 27.9. The van der Waals surface area contributed by atoms with Gasteiger partial charge in [0.15, 0.2) is 17.3 Å². The Morgan fingerprint density at radius 3 is 2.11 bits per heavy atom. The molecule has 1 aromatic heterocycles. The number of Topliss-reactive ketones (excluding diaryl/α,β-unsaturated/α-hetero) is 3. The van der Waals surface area contributed by atoms with Crippen molar-refractivity contribution >= 4 is 122 Å². The summed E-state index contributed by atoms with van der Waals surface area (Å²) in [6.07, 6.45) is 0.624. The molecule has 35 nitrogen and oxygen atoms in total. The second-order valence-corrected chi connectivity index (χ2v) is 27.9. The number of fused-ring (bicyclic) bond motifs is 1. The molecule has 35 heteroatoms. The van der Waals surface area contributed by atoms with Gasteiger partial charge in [0, 0.05) is 83.5 Å². The fourth-order valence-electron chi connectivity index (χ4n) is 11.8. The van der Waals surface area contributed by atoms with Crippen molar-refractivity contribution in [2.45, 2.75) is 168 Å². The van der Waals surface area contributed by atoms with Gasteiger partial charge in [-0.05, 0) is 102 Å². The molecular weight excluding hydrogens is 1410 g/mol. The predicted octanol–water partition coefficient (Wildman–Crippen LogP) is -0.267. The maximum absolute atomic E-state index is 14.6. The number of nitrogens with one attached hydrogen (secondary N) is 10. The van der Waals surface area contributed by atoms with Crippen molar-refractivity contribution < 1.29 is 96.4 Å². The number of aromatic nitrogens is 1. The van der Waals surface area contributed by atoms with Gasteiger partial charge in [-0.1, -0.05) is 70.5 Å². The Morgan fingerprint density at radius 1 is 0.787 bits per heavy atom. The molecule has 2 heterocycles. The summed E-state index contributed by atoms with van der Waals surface area (Å²) in [6, 6.07) is 2.48. The first-order chi connectivity index (χ1) is 50.9. The number of nitrogens with two attached hydrogens (primary N) is 3. The average molecular weight is 1510 g/mol. The first-order valence-corrected chi connectivity index (χ1v) is 35.6. The summed E-state index contributed by atoms with van der Waals surface area (Å²) in [4.78, 5) is 228. The molecule has 1 aliphatic heterocycles. The van der Waals surface area contributed by atoms with Crippen LogP contribution in [0.1, 0.15) is 136 Å². The number of hydrogen-bond donors (Lipinski definition) is 15. The van der Waals surface area contributed by atoms with Crippen molar-refractivity contribution in [3.63, 3.8) is 0 Å². The van der Waals surface area contributed by atoms with Gasteiger partial charge < -0.3 is 89.7 Å². The van der Waals surface area contributed by atoms with Gasteiger partial charge in [0.2, 0.25) is 59.2 Å². The molecule has 0 spiro atoms. The van der Waals surface area contributed by atoms with Crippen LogP contribution in [0.3, 0.4) is 0 Å². The lowest BCUT2D eigenvalue weighted by Gasteiger charge is -2.27. The number of benzene rings is 2. The van der Waals surface area contributed by atoms with Gasteiger partial charge in [0.25, 0.3) is 5.91 Å². The molecule has 1 saturated heterocycles. The molecule has 11 amide bonds. The Labute approximate surface area is 623 Å². The van der Waals surface area contributed by atoms with Gasteiger partial charge in [-0.25, -0.2) is 14.4 Å². The molecule has 5 rings (SSSR count). The number of aliphatic hydroxyl groups is 1. The Morgan fingerprint density at radius 2 is 1.47 bits per heavy atom. The smallest absolute Gasteiger partial charge is 0.407 e. The Hall–Kier alpha value is -11.3. The van der Waals surface area contributed by atoms with Crippen molar-refractivity contribution in [3.8, 4) is 0 Å². The number of carboxylic acid groups (broad SMARTS) is 1. The number of aromatic amines is 1. The second kappa shape index (κ2) is 41.6. The number of allylic oxidation sites excluding steroid dienone is 1. The zero-order valence-electron chi connectivity index (χ0n) is 62.1. The summed E-state index contributed by atoms with van der Waals surface area (Å²) in [5, 5.41) is 42.9. The molecule has 2 aromatic carbocycles. The minimum Gasteiger partial charge on any atom is -0.479 e. The summed E-state index contributed by atoms with van der Waals surface area (Å²) >= 11 is 0. The molecule has 11 atom stereocenters. The predicted molar refractivity (Wildman–Crippen MR) is 392 cm³/mol. The number of nitrogen functional groups attached to an aromatic ring is 1. The number of alkyl carbamates (subject to hydrolysis) is 1. The third-order valence-corrected chi connectivity index (χ3v) is 18.0. The number of hydrogen-bond acceptors (Lipinski definition) is 22. The number of ketones is 3. The van der Waals surface area contributed by atoms with Crippen molar-refractivity contribution in [2.75, 3.05) is 51.7 Å². The lowest BCUT2D eigenvalue weighted by Crippen LogP contribution is -2.60. The van der Waals surface area contributed by atoms with Gasteiger partial charge in [-0.3, -0.25) is 72.3 Å². The molecule has 18 N–H and O–H groups in total. The summed E-state index contributed by atoms with van der Waals surface area (Å²) < 4.78 is 11.1. The number of anilines is 1. The highest BCUT2D eigenvalue weighted by atomic mass is 16.6. The fraction of sp³-hybridized carbons (Fsp3) is 0.534. The molecule has 1 saturated carbocycles. The molecule has 3 aromatic rings. The third-order valence-electron chi connectivity index (χ3n) is 18.0. The first-order valence-electron chi connectivity index (χ1n) is 35.6. The Bertz CT molecular complexity index is 3930. The van der Waals surface area contributed by atoms with E-state index >= 15 is 0 Å². The van der Waals surface area contributed by atoms with Crippen LogP contribution < -0.4 is 65.1 Å². The number of amides is 11. The number of esters is 1. The normalized spacial score (nSPS) is 19.3. The number of aliphatic carboxylic acids is 1. The number of ether oxygens (including phenoxy) is 2. The monoisotopic (exact) mass is 1510 g/mol. The van der Waals surface area contributed by atoms with E-state index in [-0.39, 0.29) is 86.5 Å². The van der Waals surface area contributed by atoms with Gasteiger partial charge in [0.1, 0.15) is 49.0 Å². The molecule has 11 unspecified atom stereocenters. The average Bonchev–Trinajstić information content (AvgIpc) is 1.61. The van der Waals surface area contributed by atoms with E-state index in [2.05, 4.69) is 57.5 Å². The van der Waals surface area contributed by atoms with E-state index in [0.29, 0.717) is 22.0 Å². The number of cyclic esters (lactones) is 1. The molecule has 0 radical (unpaired) electrons. The zero-order chi connectivity index (χ0) is 80.3. The van der Waals surface area contributed by atoms with E-state index in [0.717, 1.165) is 0 Å². The van der Waals surface area contributed by atoms with E-state index in [1.807, 2.05) is 19.2 Å². The summed E-state index contributed by atoms with van der Waals surface area (Å²) in [7, 11) is 0. The van der Waals surface area contributed by atoms with Gasteiger partial charge in [-0.15, -0.1) is 0 Å². The van der Waals surface area contributed by atoms with Crippen LogP contribution in [0.15, 0.2) is 76.4 Å². The standard InChI is InChI=1S/C73H101N15O20/c1-10-41(45(35-89)65(76)98)55(91)31-82-66(99)47(11-2)83-61(97)34-80-60(96)33-81-63-44(19-16-24-77-72(106)108-73(7,8)9)62(63)56(92)32-79-49-23-22-38(5)25-58(94)85-52(28-54(90)43-18-12-14-20-46(43)74)71(105)107-36-53(49)87-69(102)64(70(103)104)88-68(101)51(29-57(75)93)86-67(100)50(84-59(95)26-39(6)37(3)4)27-40-30-78-48-21-15-13-17-42(40)48/h12-15,17-18,20-21,26,30,37-38,41,44-45,47,50-53,62,64,78,89H,10-11,16,19,22-25,27-29,31-36,74H2,1-9H3,(H2,75,93)(H2,76,98)(H,77,106)(H,80,96)(H,82,99)(H,83,97)(H,84,95)(H,85,94)(H,86,100)(H,87,102)(H,88,101)(H,103,104). The van der Waals surface area contributed by atoms with Crippen LogP contribution in [0.2, 0.25) is 0 Å². The van der Waals surface area contributed by atoms with Crippen molar-refractivity contribution in [1.82, 2.24) is 52.8 Å². The van der Waals surface area contributed by atoms with Crippen LogP contribution in [-0.2, 0) is 83.0 Å². The minimum atomic E-state index is -2.58. The van der Waals surface area contributed by atoms with Crippen LogP contribution in [0.25, 0.3) is 10.9 Å². The summed E-state index contributed by atoms with van der Waals surface area (Å²) in [5.74, 6) is -19.3. The van der Waals surface area contributed by atoms with Crippen molar-refractivity contribution in [3.05, 3.63) is 77.5 Å². The number of aliphatic imine (C=N–C) groups is 2. The molecule has 2 aliphatic rings. The van der Waals surface area contributed by atoms with Crippen molar-refractivity contribution in [1.29, 1.82) is 0 Å². The van der Waals surface area contributed by atoms with Crippen LogP contribution >= 0.6 is 0 Å². The molecule has 588 valence electrons. The number of primary amides is 2. The summed E-state index contributed by atoms with van der Waals surface area (Å²) in [5.41, 5.74) is 18.2. The quantitative estimate of drug-likeness (QED) is 0.00877. The van der Waals surface area contributed by atoms with Crippen LogP contribution in [-0.4, -0.2) is 209 Å². The first kappa shape index (κ1) is 87.4. The fourth-order valence-corrected chi connectivity index (χ4v) is 11.8. The van der Waals surface area contributed by atoms with Crippen LogP contribution in [0.4, 0.5) is 10.5 Å². The number of nitrogens with zero attached hydrogens (tertiary/aromatic N) is 2. The number of carbonyl (C=O) groups is 16. The van der Waals surface area contributed by atoms with Gasteiger partial charge >= 0.3 is 18.0 Å².